The summed E-state index contributed by atoms with van der Waals surface area (Å²) in [4.78, 5) is 21.8. The van der Waals surface area contributed by atoms with Crippen LogP contribution in [0.3, 0.4) is 0 Å². The number of amides is 1. The van der Waals surface area contributed by atoms with Crippen LogP contribution in [0.2, 0.25) is 5.02 Å². The van der Waals surface area contributed by atoms with Gasteiger partial charge in [0, 0.05) is 29.3 Å². The van der Waals surface area contributed by atoms with E-state index in [2.05, 4.69) is 5.32 Å². The van der Waals surface area contributed by atoms with E-state index in [9.17, 15) is 14.9 Å². The Morgan fingerprint density at radius 3 is 2.83 bits per heavy atom. The fourth-order valence-electron chi connectivity index (χ4n) is 1.35. The number of nitrogens with one attached hydrogen (secondary N) is 1. The van der Waals surface area contributed by atoms with Crippen molar-refractivity contribution in [1.82, 2.24) is 5.32 Å². The minimum absolute atomic E-state index is 0.169. The summed E-state index contributed by atoms with van der Waals surface area (Å²) in [6.07, 6.45) is 4.52. The summed E-state index contributed by atoms with van der Waals surface area (Å²) >= 11 is 5.73. The van der Waals surface area contributed by atoms with Gasteiger partial charge in [-0.25, -0.2) is 0 Å². The summed E-state index contributed by atoms with van der Waals surface area (Å²) in [5.74, 6) is -0.370. The summed E-state index contributed by atoms with van der Waals surface area (Å²) in [7, 11) is 0. The zero-order valence-corrected chi connectivity index (χ0v) is 10.6. The van der Waals surface area contributed by atoms with Crippen molar-refractivity contribution in [2.75, 3.05) is 6.54 Å². The fourth-order valence-corrected chi connectivity index (χ4v) is 1.58. The number of benzene rings is 1. The number of non-ortho nitro benzene ring substituents is 1. The summed E-state index contributed by atoms with van der Waals surface area (Å²) in [6.45, 7) is 2.37. The monoisotopic (exact) mass is 268 g/mol. The molecule has 0 bridgehead atoms. The molecule has 0 unspecified atom stereocenters. The van der Waals surface area contributed by atoms with Crippen LogP contribution in [0.1, 0.15) is 23.7 Å². The lowest BCUT2D eigenvalue weighted by molar-refractivity contribution is -0.384. The van der Waals surface area contributed by atoms with Crippen LogP contribution in [0.5, 0.6) is 0 Å². The highest BCUT2D eigenvalue weighted by Gasteiger charge is 2.13. The third-order valence-corrected chi connectivity index (χ3v) is 2.41. The zero-order chi connectivity index (χ0) is 13.5. The lowest BCUT2D eigenvalue weighted by Gasteiger charge is -2.04. The van der Waals surface area contributed by atoms with Gasteiger partial charge in [0.25, 0.3) is 11.6 Å². The number of nitrogens with zero attached hydrogens (tertiary/aromatic N) is 1. The van der Waals surface area contributed by atoms with E-state index in [0.29, 0.717) is 13.0 Å². The SMILES string of the molecule is C/C=C/CCNC(=O)c1cc(Cl)cc([N+](=O)[O-])c1. The molecule has 0 aliphatic carbocycles. The zero-order valence-electron chi connectivity index (χ0n) is 9.85. The smallest absolute Gasteiger partial charge is 0.271 e. The van der Waals surface area contributed by atoms with E-state index in [1.54, 1.807) is 0 Å². The molecule has 0 aliphatic heterocycles. The number of hydrogen-bond donors (Lipinski definition) is 1. The number of rotatable bonds is 5. The van der Waals surface area contributed by atoms with Gasteiger partial charge in [-0.3, -0.25) is 14.9 Å². The van der Waals surface area contributed by atoms with Crippen molar-refractivity contribution >= 4 is 23.2 Å². The quantitative estimate of drug-likeness (QED) is 0.386. The number of carbonyl (C=O) groups excluding carboxylic acids is 1. The van der Waals surface area contributed by atoms with Gasteiger partial charge in [0.2, 0.25) is 0 Å². The number of nitro groups is 1. The molecule has 0 spiro atoms. The van der Waals surface area contributed by atoms with Crippen LogP contribution in [0.15, 0.2) is 30.4 Å². The van der Waals surface area contributed by atoms with Crippen molar-refractivity contribution in [1.29, 1.82) is 0 Å². The third-order valence-electron chi connectivity index (χ3n) is 2.19. The standard InChI is InChI=1S/C12H13ClN2O3/c1-2-3-4-5-14-12(16)9-6-10(13)8-11(7-9)15(17)18/h2-3,6-8H,4-5H2,1H3,(H,14,16)/b3-2+. The van der Waals surface area contributed by atoms with Crippen LogP contribution in [-0.4, -0.2) is 17.4 Å². The molecule has 1 rings (SSSR count). The van der Waals surface area contributed by atoms with Crippen LogP contribution in [0.25, 0.3) is 0 Å². The van der Waals surface area contributed by atoms with Crippen molar-refractivity contribution in [3.63, 3.8) is 0 Å². The molecule has 1 aromatic rings. The van der Waals surface area contributed by atoms with E-state index in [4.69, 9.17) is 11.6 Å². The average Bonchev–Trinajstić information content (AvgIpc) is 2.33. The van der Waals surface area contributed by atoms with E-state index >= 15 is 0 Å². The Hall–Kier alpha value is -1.88. The molecular formula is C12H13ClN2O3. The third kappa shape index (κ3) is 4.18. The molecule has 5 nitrogen and oxygen atoms in total. The second-order valence-corrected chi connectivity index (χ2v) is 4.01. The first-order chi connectivity index (χ1) is 8.54. The predicted molar refractivity (Wildman–Crippen MR) is 69.9 cm³/mol. The second kappa shape index (κ2) is 6.76. The number of allylic oxidation sites excluding steroid dienone is 1. The van der Waals surface area contributed by atoms with Gasteiger partial charge in [-0.15, -0.1) is 0 Å². The van der Waals surface area contributed by atoms with Crippen molar-refractivity contribution in [2.45, 2.75) is 13.3 Å². The highest BCUT2D eigenvalue weighted by molar-refractivity contribution is 6.31. The molecule has 0 saturated carbocycles. The van der Waals surface area contributed by atoms with Gasteiger partial charge >= 0.3 is 0 Å². The molecule has 1 amide bonds. The van der Waals surface area contributed by atoms with E-state index in [1.165, 1.54) is 18.2 Å². The average molecular weight is 269 g/mol. The Kier molecular flexibility index (Phi) is 5.32. The van der Waals surface area contributed by atoms with E-state index in [0.717, 1.165) is 0 Å². The molecule has 0 fully saturated rings. The van der Waals surface area contributed by atoms with E-state index in [-0.39, 0.29) is 22.2 Å². The molecule has 18 heavy (non-hydrogen) atoms. The second-order valence-electron chi connectivity index (χ2n) is 3.57. The normalized spacial score (nSPS) is 10.6. The van der Waals surface area contributed by atoms with Crippen LogP contribution in [-0.2, 0) is 0 Å². The molecule has 0 radical (unpaired) electrons. The number of carbonyl (C=O) groups is 1. The maximum Gasteiger partial charge on any atom is 0.271 e. The first-order valence-corrected chi connectivity index (χ1v) is 5.76. The maximum absolute atomic E-state index is 11.7. The first-order valence-electron chi connectivity index (χ1n) is 5.39. The molecule has 1 aromatic carbocycles. The summed E-state index contributed by atoms with van der Waals surface area (Å²) in [5, 5.41) is 13.5. The van der Waals surface area contributed by atoms with Gasteiger partial charge in [-0.05, 0) is 19.4 Å². The van der Waals surface area contributed by atoms with Crippen LogP contribution in [0.4, 0.5) is 5.69 Å². The number of nitro benzene ring substituents is 1. The maximum atomic E-state index is 11.7. The van der Waals surface area contributed by atoms with E-state index in [1.807, 2.05) is 19.1 Å². The summed E-state index contributed by atoms with van der Waals surface area (Å²) < 4.78 is 0. The predicted octanol–water partition coefficient (Wildman–Crippen LogP) is 2.94. The Balaban J connectivity index is 2.76. The van der Waals surface area contributed by atoms with Crippen molar-refractivity contribution < 1.29 is 9.72 Å². The number of hydrogen-bond acceptors (Lipinski definition) is 3. The van der Waals surface area contributed by atoms with Crippen LogP contribution < -0.4 is 5.32 Å². The largest absolute Gasteiger partial charge is 0.352 e. The fraction of sp³-hybridized carbons (Fsp3) is 0.250. The molecular weight excluding hydrogens is 256 g/mol. The molecule has 0 heterocycles. The Morgan fingerprint density at radius 2 is 2.22 bits per heavy atom. The summed E-state index contributed by atoms with van der Waals surface area (Å²) in [5.41, 5.74) is -0.00391. The molecule has 0 aromatic heterocycles. The van der Waals surface area contributed by atoms with E-state index < -0.39 is 4.92 Å². The van der Waals surface area contributed by atoms with Gasteiger partial charge in [-0.2, -0.15) is 0 Å². The Bertz CT molecular complexity index is 486. The summed E-state index contributed by atoms with van der Waals surface area (Å²) in [6, 6.07) is 3.81. The minimum Gasteiger partial charge on any atom is -0.352 e. The van der Waals surface area contributed by atoms with Crippen molar-refractivity contribution in [3.8, 4) is 0 Å². The topological polar surface area (TPSA) is 72.2 Å². The van der Waals surface area contributed by atoms with Gasteiger partial charge < -0.3 is 5.32 Å². The minimum atomic E-state index is -0.581. The molecule has 1 N–H and O–H groups in total. The molecule has 6 heteroatoms. The molecule has 0 saturated heterocycles. The van der Waals surface area contributed by atoms with Gasteiger partial charge in [0.15, 0.2) is 0 Å². The Labute approximate surface area is 110 Å². The highest BCUT2D eigenvalue weighted by Crippen LogP contribution is 2.20. The molecule has 96 valence electrons. The number of halogens is 1. The lowest BCUT2D eigenvalue weighted by atomic mass is 10.2. The van der Waals surface area contributed by atoms with Crippen LogP contribution in [0, 0.1) is 10.1 Å². The Morgan fingerprint density at radius 1 is 1.50 bits per heavy atom. The van der Waals surface area contributed by atoms with Gasteiger partial charge in [0.05, 0.1) is 4.92 Å². The highest BCUT2D eigenvalue weighted by atomic mass is 35.5. The lowest BCUT2D eigenvalue weighted by Crippen LogP contribution is -2.24. The first kappa shape index (κ1) is 14.2. The van der Waals surface area contributed by atoms with Crippen molar-refractivity contribution in [3.05, 3.63) is 51.1 Å². The van der Waals surface area contributed by atoms with Gasteiger partial charge in [0.1, 0.15) is 0 Å². The molecule has 0 atom stereocenters. The van der Waals surface area contributed by atoms with Crippen LogP contribution >= 0.6 is 11.6 Å². The molecule has 0 aliphatic rings. The van der Waals surface area contributed by atoms with Gasteiger partial charge in [-0.1, -0.05) is 23.8 Å². The van der Waals surface area contributed by atoms with Crippen molar-refractivity contribution in [2.24, 2.45) is 0 Å².